The number of carbonyl (C=O) groups is 1. The van der Waals surface area contributed by atoms with Crippen LogP contribution in [0.5, 0.6) is 0 Å². The summed E-state index contributed by atoms with van der Waals surface area (Å²) in [5.74, 6) is 1.27. The van der Waals surface area contributed by atoms with Crippen LogP contribution in [0, 0.1) is 0 Å². The zero-order chi connectivity index (χ0) is 17.1. The number of hydrogen-bond acceptors (Lipinski definition) is 3. The average molecular weight is 353 g/mol. The number of amides is 1. The van der Waals surface area contributed by atoms with E-state index in [1.165, 1.54) is 35.5 Å². The molecule has 3 aromatic rings. The van der Waals surface area contributed by atoms with Gasteiger partial charge in [-0.1, -0.05) is 12.5 Å². The minimum Gasteiger partial charge on any atom is -0.328 e. The minimum atomic E-state index is 0.0803. The number of anilines is 1. The van der Waals surface area contributed by atoms with Crippen molar-refractivity contribution in [3.05, 3.63) is 46.4 Å². The van der Waals surface area contributed by atoms with Gasteiger partial charge in [0.05, 0.1) is 11.0 Å². The Morgan fingerprint density at radius 2 is 2.20 bits per heavy atom. The van der Waals surface area contributed by atoms with Crippen molar-refractivity contribution in [1.29, 1.82) is 0 Å². The molecular formula is C20H23N3OS. The number of nitrogens with zero attached hydrogens (tertiary/aromatic N) is 2. The first-order valence-corrected chi connectivity index (χ1v) is 9.99. The van der Waals surface area contributed by atoms with Gasteiger partial charge in [0.2, 0.25) is 5.91 Å². The number of fused-ring (bicyclic) bond motifs is 3. The van der Waals surface area contributed by atoms with Gasteiger partial charge in [-0.25, -0.2) is 4.98 Å². The molecule has 0 aliphatic carbocycles. The zero-order valence-electron chi connectivity index (χ0n) is 14.3. The van der Waals surface area contributed by atoms with Crippen molar-refractivity contribution in [2.24, 2.45) is 0 Å². The predicted octanol–water partition coefficient (Wildman–Crippen LogP) is 4.79. The lowest BCUT2D eigenvalue weighted by molar-refractivity contribution is -0.116. The summed E-state index contributed by atoms with van der Waals surface area (Å²) in [5, 5.41) is 5.10. The monoisotopic (exact) mass is 353 g/mol. The normalized spacial score (nSPS) is 14.2. The van der Waals surface area contributed by atoms with Crippen LogP contribution in [0.4, 0.5) is 5.69 Å². The lowest BCUT2D eigenvalue weighted by Gasteiger charge is -2.06. The van der Waals surface area contributed by atoms with Gasteiger partial charge in [-0.3, -0.25) is 4.79 Å². The molecule has 0 bridgehead atoms. The first kappa shape index (κ1) is 16.3. The van der Waals surface area contributed by atoms with Crippen LogP contribution >= 0.6 is 11.3 Å². The number of hydrogen-bond donors (Lipinski definition) is 1. The van der Waals surface area contributed by atoms with Gasteiger partial charge in [0, 0.05) is 30.0 Å². The van der Waals surface area contributed by atoms with Gasteiger partial charge in [-0.15, -0.1) is 11.3 Å². The van der Waals surface area contributed by atoms with E-state index in [4.69, 9.17) is 4.98 Å². The summed E-state index contributed by atoms with van der Waals surface area (Å²) in [6.07, 6.45) is 7.18. The molecule has 1 aromatic carbocycles. The minimum absolute atomic E-state index is 0.0803. The number of aryl methyl sites for hydroxylation is 3. The van der Waals surface area contributed by atoms with Crippen LogP contribution in [-0.2, 0) is 24.2 Å². The molecule has 0 saturated carbocycles. The van der Waals surface area contributed by atoms with Crippen molar-refractivity contribution in [3.63, 3.8) is 0 Å². The maximum atomic E-state index is 12.2. The third-order valence-electron chi connectivity index (χ3n) is 4.80. The molecule has 4 rings (SSSR count). The first-order valence-electron chi connectivity index (χ1n) is 9.11. The molecule has 1 amide bonds. The Hall–Kier alpha value is -2.14. The third kappa shape index (κ3) is 3.76. The van der Waals surface area contributed by atoms with Crippen molar-refractivity contribution in [2.45, 2.75) is 51.5 Å². The zero-order valence-corrected chi connectivity index (χ0v) is 15.1. The van der Waals surface area contributed by atoms with Crippen LogP contribution < -0.4 is 5.32 Å². The van der Waals surface area contributed by atoms with Gasteiger partial charge in [0.1, 0.15) is 5.82 Å². The van der Waals surface area contributed by atoms with Crippen molar-refractivity contribution in [1.82, 2.24) is 9.55 Å². The molecule has 3 heterocycles. The van der Waals surface area contributed by atoms with Crippen molar-refractivity contribution in [2.75, 3.05) is 5.32 Å². The topological polar surface area (TPSA) is 46.9 Å². The second kappa shape index (κ2) is 7.40. The standard InChI is InChI=1S/C20H23N3OS/c24-20(9-4-6-16-7-5-13-25-16)21-15-10-11-18-17(14-15)22-19-8-2-1-3-12-23(18)19/h5,7,10-11,13-14H,1-4,6,8-9,12H2,(H,21,24). The van der Waals surface area contributed by atoms with Gasteiger partial charge in [0.25, 0.3) is 0 Å². The largest absolute Gasteiger partial charge is 0.328 e. The van der Waals surface area contributed by atoms with Crippen molar-refractivity contribution >= 4 is 34.0 Å². The van der Waals surface area contributed by atoms with Crippen LogP contribution in [0.25, 0.3) is 11.0 Å². The maximum Gasteiger partial charge on any atom is 0.224 e. The molecule has 1 N–H and O–H groups in total. The lowest BCUT2D eigenvalue weighted by Crippen LogP contribution is -2.11. The highest BCUT2D eigenvalue weighted by molar-refractivity contribution is 7.09. The molecular weight excluding hydrogens is 330 g/mol. The fourth-order valence-electron chi connectivity index (χ4n) is 3.53. The SMILES string of the molecule is O=C(CCCc1cccs1)Nc1ccc2c(c1)nc1n2CCCCC1. The molecule has 0 unspecified atom stereocenters. The summed E-state index contributed by atoms with van der Waals surface area (Å²) >= 11 is 1.75. The summed E-state index contributed by atoms with van der Waals surface area (Å²) in [6.45, 7) is 1.06. The lowest BCUT2D eigenvalue weighted by atomic mass is 10.2. The Bertz CT molecular complexity index is 867. The Labute approximate surface area is 151 Å². The highest BCUT2D eigenvalue weighted by Gasteiger charge is 2.14. The summed E-state index contributed by atoms with van der Waals surface area (Å²) in [4.78, 5) is 18.3. The van der Waals surface area contributed by atoms with Crippen LogP contribution in [0.1, 0.15) is 42.8 Å². The Balaban J connectivity index is 1.40. The van der Waals surface area contributed by atoms with E-state index in [1.54, 1.807) is 11.3 Å². The van der Waals surface area contributed by atoms with E-state index in [0.29, 0.717) is 6.42 Å². The van der Waals surface area contributed by atoms with Crippen LogP contribution in [0.2, 0.25) is 0 Å². The van der Waals surface area contributed by atoms with E-state index in [1.807, 2.05) is 12.1 Å². The van der Waals surface area contributed by atoms with E-state index in [2.05, 4.69) is 33.5 Å². The smallest absolute Gasteiger partial charge is 0.224 e. The second-order valence-corrected chi connectivity index (χ2v) is 7.71. The van der Waals surface area contributed by atoms with E-state index >= 15 is 0 Å². The van der Waals surface area contributed by atoms with Gasteiger partial charge in [-0.2, -0.15) is 0 Å². The highest BCUT2D eigenvalue weighted by Crippen LogP contribution is 2.24. The van der Waals surface area contributed by atoms with Gasteiger partial charge in [0.15, 0.2) is 0 Å². The predicted molar refractivity (Wildman–Crippen MR) is 103 cm³/mol. The average Bonchev–Trinajstić information content (AvgIpc) is 3.17. The number of aromatic nitrogens is 2. The van der Waals surface area contributed by atoms with E-state index in [9.17, 15) is 4.79 Å². The number of imidazole rings is 1. The number of rotatable bonds is 5. The Kier molecular flexibility index (Phi) is 4.83. The fraction of sp³-hybridized carbons (Fsp3) is 0.400. The van der Waals surface area contributed by atoms with Crippen molar-refractivity contribution in [3.8, 4) is 0 Å². The van der Waals surface area contributed by atoms with Gasteiger partial charge < -0.3 is 9.88 Å². The molecule has 1 aliphatic heterocycles. The van der Waals surface area contributed by atoms with Crippen molar-refractivity contribution < 1.29 is 4.79 Å². The Morgan fingerprint density at radius 1 is 1.24 bits per heavy atom. The molecule has 4 nitrogen and oxygen atoms in total. The van der Waals surface area contributed by atoms with Gasteiger partial charge >= 0.3 is 0 Å². The Morgan fingerprint density at radius 3 is 3.08 bits per heavy atom. The van der Waals surface area contributed by atoms with E-state index in [-0.39, 0.29) is 5.91 Å². The molecule has 0 radical (unpaired) electrons. The molecule has 0 saturated heterocycles. The van der Waals surface area contributed by atoms with E-state index < -0.39 is 0 Å². The van der Waals surface area contributed by atoms with E-state index in [0.717, 1.165) is 37.0 Å². The summed E-state index contributed by atoms with van der Waals surface area (Å²) in [7, 11) is 0. The number of benzene rings is 1. The number of nitrogens with one attached hydrogen (secondary N) is 1. The third-order valence-corrected chi connectivity index (χ3v) is 5.74. The second-order valence-electron chi connectivity index (χ2n) is 6.67. The first-order chi connectivity index (χ1) is 12.3. The summed E-state index contributed by atoms with van der Waals surface area (Å²) in [6, 6.07) is 10.3. The molecule has 0 fully saturated rings. The number of thiophene rings is 1. The molecule has 130 valence electrons. The summed E-state index contributed by atoms with van der Waals surface area (Å²) < 4.78 is 2.34. The quantitative estimate of drug-likeness (QED) is 0.717. The number of carbonyl (C=O) groups excluding carboxylic acids is 1. The molecule has 5 heteroatoms. The molecule has 0 spiro atoms. The van der Waals surface area contributed by atoms with Crippen LogP contribution in [0.3, 0.4) is 0 Å². The highest BCUT2D eigenvalue weighted by atomic mass is 32.1. The van der Waals surface area contributed by atoms with Gasteiger partial charge in [-0.05, 0) is 55.3 Å². The molecule has 25 heavy (non-hydrogen) atoms. The molecule has 0 atom stereocenters. The maximum absolute atomic E-state index is 12.2. The molecule has 1 aliphatic rings. The fourth-order valence-corrected chi connectivity index (χ4v) is 4.28. The molecule has 2 aromatic heterocycles. The summed E-state index contributed by atoms with van der Waals surface area (Å²) in [5.41, 5.74) is 3.03. The van der Waals surface area contributed by atoms with Crippen LogP contribution in [-0.4, -0.2) is 15.5 Å². The van der Waals surface area contributed by atoms with Crippen LogP contribution in [0.15, 0.2) is 35.7 Å².